The maximum absolute atomic E-state index is 13.1. The number of anilines is 3. The van der Waals surface area contributed by atoms with Gasteiger partial charge in [0, 0.05) is 26.8 Å². The third-order valence-corrected chi connectivity index (χ3v) is 8.94. The monoisotopic (exact) mass is 511 g/mol. The topological polar surface area (TPSA) is 37.4 Å². The lowest BCUT2D eigenvalue weighted by atomic mass is 9.75. The van der Waals surface area contributed by atoms with Crippen molar-refractivity contribution >= 4 is 56.1 Å². The zero-order valence-corrected chi connectivity index (χ0v) is 22.2. The minimum atomic E-state index is -0.252. The van der Waals surface area contributed by atoms with Crippen LogP contribution in [-0.4, -0.2) is 11.6 Å². The SMILES string of the molecule is Cc1ccc2c(c1)C(C)(C)c1cc(C=C3C(=O)c4ccccc4C3=O)sc1N2c1cccc2ccccc12. The van der Waals surface area contributed by atoms with Crippen LogP contribution in [0.25, 0.3) is 16.8 Å². The Morgan fingerprint density at radius 3 is 2.18 bits per heavy atom. The molecular formula is C34H25NO2S. The van der Waals surface area contributed by atoms with Crippen LogP contribution >= 0.6 is 11.3 Å². The Bertz CT molecular complexity index is 1810. The third kappa shape index (κ3) is 3.20. The van der Waals surface area contributed by atoms with Crippen LogP contribution in [0.2, 0.25) is 0 Å². The molecule has 0 fully saturated rings. The van der Waals surface area contributed by atoms with Crippen LogP contribution in [0, 0.1) is 6.92 Å². The molecule has 4 heteroatoms. The summed E-state index contributed by atoms with van der Waals surface area (Å²) >= 11 is 1.63. The van der Waals surface area contributed by atoms with Gasteiger partial charge in [0.1, 0.15) is 5.00 Å². The zero-order chi connectivity index (χ0) is 26.2. The Kier molecular flexibility index (Phi) is 4.88. The number of aryl methyl sites for hydroxylation is 1. The summed E-state index contributed by atoms with van der Waals surface area (Å²) in [4.78, 5) is 29.5. The quantitative estimate of drug-likeness (QED) is 0.176. The number of rotatable bonds is 2. The average Bonchev–Trinajstić information content (AvgIpc) is 3.45. The molecule has 0 N–H and O–H groups in total. The molecule has 0 atom stereocenters. The number of thiophene rings is 1. The number of hydrogen-bond acceptors (Lipinski definition) is 4. The molecule has 2 aliphatic rings. The highest BCUT2D eigenvalue weighted by molar-refractivity contribution is 7.17. The Balaban J connectivity index is 1.46. The van der Waals surface area contributed by atoms with Crippen LogP contribution in [-0.2, 0) is 5.41 Å². The van der Waals surface area contributed by atoms with Gasteiger partial charge in [0.25, 0.3) is 0 Å². The van der Waals surface area contributed by atoms with Gasteiger partial charge in [-0.25, -0.2) is 0 Å². The second-order valence-corrected chi connectivity index (χ2v) is 11.7. The number of carbonyl (C=O) groups is 2. The van der Waals surface area contributed by atoms with E-state index in [-0.39, 0.29) is 22.6 Å². The van der Waals surface area contributed by atoms with Crippen LogP contribution in [0.3, 0.4) is 0 Å². The second kappa shape index (κ2) is 8.11. The first-order chi connectivity index (χ1) is 18.3. The lowest BCUT2D eigenvalue weighted by Gasteiger charge is -2.40. The molecular weight excluding hydrogens is 486 g/mol. The number of hydrogen-bond donors (Lipinski definition) is 0. The number of carbonyl (C=O) groups excluding carboxylic acids is 2. The smallest absolute Gasteiger partial charge is 0.197 e. The molecule has 38 heavy (non-hydrogen) atoms. The summed E-state index contributed by atoms with van der Waals surface area (Å²) in [6.45, 7) is 6.65. The second-order valence-electron chi connectivity index (χ2n) is 10.6. The Labute approximate surface area is 225 Å². The number of allylic oxidation sites excluding steroid dienone is 1. The molecule has 1 aromatic heterocycles. The molecule has 0 amide bonds. The van der Waals surface area contributed by atoms with Crippen molar-refractivity contribution in [1.29, 1.82) is 0 Å². The normalized spacial score (nSPS) is 15.4. The Hall–Kier alpha value is -4.28. The third-order valence-electron chi connectivity index (χ3n) is 7.87. The van der Waals surface area contributed by atoms with E-state index in [1.54, 1.807) is 41.7 Å². The molecule has 5 aromatic rings. The van der Waals surface area contributed by atoms with Crippen molar-refractivity contribution in [2.75, 3.05) is 4.90 Å². The number of Topliss-reactive ketones (excluding diaryl/α,β-unsaturated/α-hetero) is 2. The Morgan fingerprint density at radius 2 is 1.42 bits per heavy atom. The highest BCUT2D eigenvalue weighted by Gasteiger charge is 2.39. The van der Waals surface area contributed by atoms with Crippen molar-refractivity contribution in [3.05, 3.63) is 129 Å². The largest absolute Gasteiger partial charge is 0.301 e. The van der Waals surface area contributed by atoms with Crippen LogP contribution in [0.5, 0.6) is 0 Å². The molecule has 1 aliphatic heterocycles. The van der Waals surface area contributed by atoms with E-state index < -0.39 is 0 Å². The van der Waals surface area contributed by atoms with Crippen molar-refractivity contribution in [2.24, 2.45) is 0 Å². The molecule has 0 radical (unpaired) electrons. The predicted octanol–water partition coefficient (Wildman–Crippen LogP) is 8.78. The number of fused-ring (bicyclic) bond motifs is 4. The van der Waals surface area contributed by atoms with Gasteiger partial charge < -0.3 is 4.90 Å². The summed E-state index contributed by atoms with van der Waals surface area (Å²) in [5.74, 6) is -0.387. The first kappa shape index (κ1) is 22.9. The van der Waals surface area contributed by atoms with E-state index in [9.17, 15) is 9.59 Å². The molecule has 0 saturated heterocycles. The summed E-state index contributed by atoms with van der Waals surface area (Å²) in [5.41, 5.74) is 6.92. The fourth-order valence-corrected chi connectivity index (χ4v) is 7.16. The van der Waals surface area contributed by atoms with Crippen molar-refractivity contribution in [3.8, 4) is 0 Å². The van der Waals surface area contributed by atoms with Crippen molar-refractivity contribution < 1.29 is 9.59 Å². The lowest BCUT2D eigenvalue weighted by Crippen LogP contribution is -2.29. The lowest BCUT2D eigenvalue weighted by molar-refractivity contribution is 0.0990. The molecule has 0 saturated carbocycles. The van der Waals surface area contributed by atoms with Crippen LogP contribution in [0.15, 0.2) is 96.6 Å². The zero-order valence-electron chi connectivity index (χ0n) is 21.4. The Morgan fingerprint density at radius 1 is 0.737 bits per heavy atom. The standard InChI is InChI=1S/C34H25NO2S/c1-20-15-16-30-27(17-20)34(2,3)28-19-22(18-26-31(36)24-12-6-7-13-25(24)32(26)37)38-33(28)35(30)29-14-8-10-21-9-4-5-11-23(21)29/h4-19H,1-3H3. The summed E-state index contributed by atoms with van der Waals surface area (Å²) in [5, 5.41) is 3.48. The van der Waals surface area contributed by atoms with Gasteiger partial charge in [-0.05, 0) is 47.7 Å². The van der Waals surface area contributed by atoms with E-state index in [1.165, 1.54) is 27.5 Å². The molecule has 3 nitrogen and oxygen atoms in total. The van der Waals surface area contributed by atoms with Crippen LogP contribution < -0.4 is 4.90 Å². The average molecular weight is 512 g/mol. The van der Waals surface area contributed by atoms with E-state index in [0.717, 1.165) is 21.3 Å². The fourth-order valence-electron chi connectivity index (χ4n) is 5.87. The van der Waals surface area contributed by atoms with Gasteiger partial charge in [-0.15, -0.1) is 11.3 Å². The van der Waals surface area contributed by atoms with E-state index in [2.05, 4.69) is 92.4 Å². The first-order valence-corrected chi connectivity index (χ1v) is 13.6. The maximum Gasteiger partial charge on any atom is 0.197 e. The maximum atomic E-state index is 13.1. The molecule has 1 aliphatic carbocycles. The van der Waals surface area contributed by atoms with Gasteiger partial charge in [-0.2, -0.15) is 0 Å². The minimum absolute atomic E-state index is 0.193. The van der Waals surface area contributed by atoms with Crippen molar-refractivity contribution in [2.45, 2.75) is 26.2 Å². The van der Waals surface area contributed by atoms with Gasteiger partial charge >= 0.3 is 0 Å². The van der Waals surface area contributed by atoms with E-state index >= 15 is 0 Å². The van der Waals surface area contributed by atoms with Gasteiger partial charge in [-0.3, -0.25) is 9.59 Å². The molecule has 184 valence electrons. The van der Waals surface area contributed by atoms with Gasteiger partial charge in [0.15, 0.2) is 11.6 Å². The van der Waals surface area contributed by atoms with E-state index in [4.69, 9.17) is 0 Å². The van der Waals surface area contributed by atoms with Gasteiger partial charge in [0.05, 0.1) is 16.9 Å². The molecule has 0 bridgehead atoms. The fraction of sp³-hybridized carbons (Fsp3) is 0.118. The molecule has 2 heterocycles. The number of benzene rings is 4. The molecule has 0 unspecified atom stereocenters. The predicted molar refractivity (Wildman–Crippen MR) is 156 cm³/mol. The van der Waals surface area contributed by atoms with Crippen LogP contribution in [0.4, 0.5) is 16.4 Å². The number of nitrogens with zero attached hydrogens (tertiary/aromatic N) is 1. The number of ketones is 2. The molecule has 7 rings (SSSR count). The summed E-state index contributed by atoms with van der Waals surface area (Å²) in [6.07, 6.45) is 1.79. The minimum Gasteiger partial charge on any atom is -0.301 e. The van der Waals surface area contributed by atoms with E-state index in [1.807, 2.05) is 0 Å². The summed E-state index contributed by atoms with van der Waals surface area (Å²) in [6, 6.07) is 30.8. The summed E-state index contributed by atoms with van der Waals surface area (Å²) < 4.78 is 0. The van der Waals surface area contributed by atoms with Crippen molar-refractivity contribution in [3.63, 3.8) is 0 Å². The molecule has 0 spiro atoms. The highest BCUT2D eigenvalue weighted by Crippen LogP contribution is 2.56. The van der Waals surface area contributed by atoms with Crippen molar-refractivity contribution in [1.82, 2.24) is 0 Å². The van der Waals surface area contributed by atoms with E-state index in [0.29, 0.717) is 11.1 Å². The summed E-state index contributed by atoms with van der Waals surface area (Å²) in [7, 11) is 0. The van der Waals surface area contributed by atoms with Gasteiger partial charge in [0.2, 0.25) is 0 Å². The van der Waals surface area contributed by atoms with Crippen LogP contribution in [0.1, 0.15) is 56.1 Å². The first-order valence-electron chi connectivity index (χ1n) is 12.8. The molecule has 4 aromatic carbocycles. The highest BCUT2D eigenvalue weighted by atomic mass is 32.1. The van der Waals surface area contributed by atoms with Gasteiger partial charge in [-0.1, -0.05) is 92.2 Å².